The van der Waals surface area contributed by atoms with Crippen molar-refractivity contribution in [1.82, 2.24) is 9.78 Å². The molecule has 1 aromatic heterocycles. The first-order chi connectivity index (χ1) is 9.19. The van der Waals surface area contributed by atoms with Crippen LogP contribution < -0.4 is 5.46 Å². The highest BCUT2D eigenvalue weighted by Crippen LogP contribution is 2.37. The zero-order chi connectivity index (χ0) is 15.1. The number of halogens is 1. The maximum atomic E-state index is 6.13. The molecule has 0 bridgehead atoms. The highest BCUT2D eigenvalue weighted by atomic mass is 127. The SMILES string of the molecule is Cc1nn(C)c(COPI)c1B1OC(C)(C)C(C)(C)O1. The van der Waals surface area contributed by atoms with Gasteiger partial charge in [-0.25, -0.2) is 0 Å². The number of hydrogen-bond donors (Lipinski definition) is 0. The molecule has 1 atom stereocenters. The molecule has 2 rings (SSSR count). The Morgan fingerprint density at radius 3 is 2.35 bits per heavy atom. The molecule has 5 nitrogen and oxygen atoms in total. The summed E-state index contributed by atoms with van der Waals surface area (Å²) in [5, 5.41) is 4.48. The molecule has 8 heteroatoms. The van der Waals surface area contributed by atoms with Crippen molar-refractivity contribution >= 4 is 41.1 Å². The lowest BCUT2D eigenvalue weighted by molar-refractivity contribution is 0.00578. The minimum Gasteiger partial charge on any atom is -0.399 e. The van der Waals surface area contributed by atoms with Crippen LogP contribution in [0.1, 0.15) is 39.1 Å². The summed E-state index contributed by atoms with van der Waals surface area (Å²) < 4.78 is 19.7. The first-order valence-corrected chi connectivity index (χ1v) is 10.6. The first kappa shape index (κ1) is 16.7. The molecule has 0 N–H and O–H groups in total. The largest absolute Gasteiger partial charge is 0.498 e. The predicted molar refractivity (Wildman–Crippen MR) is 90.8 cm³/mol. The molecule has 20 heavy (non-hydrogen) atoms. The molecular formula is C12H21BIN2O3P. The van der Waals surface area contributed by atoms with Crippen LogP contribution in [-0.4, -0.2) is 28.1 Å². The fourth-order valence-corrected chi connectivity index (χ4v) is 2.92. The molecule has 1 saturated heterocycles. The lowest BCUT2D eigenvalue weighted by atomic mass is 9.77. The summed E-state index contributed by atoms with van der Waals surface area (Å²) in [6.45, 7) is 11.2. The van der Waals surface area contributed by atoms with E-state index in [9.17, 15) is 0 Å². The summed E-state index contributed by atoms with van der Waals surface area (Å²) in [6, 6.07) is 0. The van der Waals surface area contributed by atoms with Crippen LogP contribution in [0, 0.1) is 6.92 Å². The van der Waals surface area contributed by atoms with Crippen LogP contribution in [0.2, 0.25) is 0 Å². The molecular weight excluding hydrogens is 389 g/mol. The second kappa shape index (κ2) is 5.84. The van der Waals surface area contributed by atoms with Crippen molar-refractivity contribution in [3.05, 3.63) is 11.4 Å². The molecule has 0 saturated carbocycles. The van der Waals surface area contributed by atoms with Crippen molar-refractivity contribution < 1.29 is 13.8 Å². The van der Waals surface area contributed by atoms with E-state index >= 15 is 0 Å². The fraction of sp³-hybridized carbons (Fsp3) is 0.750. The van der Waals surface area contributed by atoms with Crippen LogP contribution in [0.15, 0.2) is 0 Å². The molecule has 0 radical (unpaired) electrons. The number of rotatable bonds is 4. The average molecular weight is 410 g/mol. The van der Waals surface area contributed by atoms with E-state index < -0.39 is 0 Å². The fourth-order valence-electron chi connectivity index (χ4n) is 2.26. The van der Waals surface area contributed by atoms with E-state index in [2.05, 4.69) is 54.8 Å². The van der Waals surface area contributed by atoms with Crippen LogP contribution >= 0.6 is 28.5 Å². The number of nitrogens with zero attached hydrogens (tertiary/aromatic N) is 2. The van der Waals surface area contributed by atoms with Crippen molar-refractivity contribution in [3.8, 4) is 0 Å². The van der Waals surface area contributed by atoms with Gasteiger partial charge in [0.15, 0.2) is 0 Å². The summed E-state index contributed by atoms with van der Waals surface area (Å²) in [6.07, 6.45) is 0. The monoisotopic (exact) mass is 410 g/mol. The van der Waals surface area contributed by atoms with Gasteiger partial charge in [-0.15, -0.1) is 0 Å². The van der Waals surface area contributed by atoms with Crippen LogP contribution in [0.3, 0.4) is 0 Å². The third-order valence-electron chi connectivity index (χ3n) is 4.14. The van der Waals surface area contributed by atoms with E-state index in [4.69, 9.17) is 13.8 Å². The summed E-state index contributed by atoms with van der Waals surface area (Å²) >= 11 is 2.22. The molecule has 1 unspecified atom stereocenters. The van der Waals surface area contributed by atoms with Gasteiger partial charge in [0.05, 0.1) is 35.6 Å². The van der Waals surface area contributed by atoms with E-state index in [0.29, 0.717) is 13.1 Å². The second-order valence-corrected chi connectivity index (χ2v) is 7.79. The summed E-state index contributed by atoms with van der Waals surface area (Å²) in [5.41, 5.74) is 2.26. The Bertz CT molecular complexity index is 491. The molecule has 0 aromatic carbocycles. The van der Waals surface area contributed by atoms with Gasteiger partial charge in [-0.2, -0.15) is 5.10 Å². The van der Waals surface area contributed by atoms with Gasteiger partial charge in [-0.3, -0.25) is 4.68 Å². The maximum Gasteiger partial charge on any atom is 0.498 e. The lowest BCUT2D eigenvalue weighted by Gasteiger charge is -2.32. The van der Waals surface area contributed by atoms with Gasteiger partial charge in [0.25, 0.3) is 0 Å². The topological polar surface area (TPSA) is 45.5 Å². The predicted octanol–water partition coefficient (Wildman–Crippen LogP) is 2.49. The average Bonchev–Trinajstić information content (AvgIpc) is 2.69. The molecule has 112 valence electrons. The van der Waals surface area contributed by atoms with Gasteiger partial charge in [0, 0.05) is 12.5 Å². The molecule has 0 aliphatic carbocycles. The van der Waals surface area contributed by atoms with Crippen molar-refractivity contribution in [2.75, 3.05) is 0 Å². The summed E-state index contributed by atoms with van der Waals surface area (Å²) in [7, 11) is 1.54. The lowest BCUT2D eigenvalue weighted by Crippen LogP contribution is -2.41. The van der Waals surface area contributed by atoms with Crippen LogP contribution in [0.25, 0.3) is 0 Å². The Balaban J connectivity index is 2.34. The number of aromatic nitrogens is 2. The highest BCUT2D eigenvalue weighted by Gasteiger charge is 2.53. The van der Waals surface area contributed by atoms with Gasteiger partial charge in [0.1, 0.15) is 0 Å². The van der Waals surface area contributed by atoms with E-state index in [1.807, 2.05) is 18.7 Å². The zero-order valence-corrected chi connectivity index (χ0v) is 15.9. The van der Waals surface area contributed by atoms with Crippen molar-refractivity contribution in [1.29, 1.82) is 0 Å². The molecule has 2 heterocycles. The van der Waals surface area contributed by atoms with Gasteiger partial charge >= 0.3 is 7.12 Å². The van der Waals surface area contributed by atoms with Crippen LogP contribution in [-0.2, 0) is 27.5 Å². The third kappa shape index (κ3) is 2.93. The number of aryl methyl sites for hydroxylation is 2. The smallest absolute Gasteiger partial charge is 0.399 e. The third-order valence-corrected chi connectivity index (χ3v) is 5.33. The molecule has 0 amide bonds. The van der Waals surface area contributed by atoms with Crippen LogP contribution in [0.5, 0.6) is 0 Å². The Morgan fingerprint density at radius 1 is 1.30 bits per heavy atom. The van der Waals surface area contributed by atoms with Crippen molar-refractivity contribution in [2.45, 2.75) is 52.4 Å². The molecule has 1 aliphatic rings. The quantitative estimate of drug-likeness (QED) is 0.435. The number of hydrogen-bond acceptors (Lipinski definition) is 4. The molecule has 1 aromatic rings. The summed E-state index contributed by atoms with van der Waals surface area (Å²) in [4.78, 5) is 0. The Morgan fingerprint density at radius 2 is 1.85 bits per heavy atom. The second-order valence-electron chi connectivity index (χ2n) is 6.02. The van der Waals surface area contributed by atoms with Crippen molar-refractivity contribution in [3.63, 3.8) is 0 Å². The molecule has 0 spiro atoms. The van der Waals surface area contributed by atoms with Gasteiger partial charge < -0.3 is 13.8 Å². The highest BCUT2D eigenvalue weighted by molar-refractivity contribution is 14.2. The minimum atomic E-state index is -0.384. The first-order valence-electron chi connectivity index (χ1n) is 6.55. The van der Waals surface area contributed by atoms with E-state index in [1.165, 1.54) is 0 Å². The Kier molecular flexibility index (Phi) is 4.87. The summed E-state index contributed by atoms with van der Waals surface area (Å²) in [5.74, 6) is 0. The van der Waals surface area contributed by atoms with Crippen molar-refractivity contribution in [2.24, 2.45) is 7.05 Å². The molecule has 1 aliphatic heterocycles. The van der Waals surface area contributed by atoms with E-state index in [0.717, 1.165) is 16.9 Å². The van der Waals surface area contributed by atoms with E-state index in [1.54, 1.807) is 0 Å². The minimum absolute atomic E-state index is 0.344. The van der Waals surface area contributed by atoms with Gasteiger partial charge in [-0.05, 0) is 56.7 Å². The van der Waals surface area contributed by atoms with Gasteiger partial charge in [-0.1, -0.05) is 0 Å². The Labute approximate surface area is 135 Å². The Hall–Kier alpha value is 0.315. The van der Waals surface area contributed by atoms with Crippen LogP contribution in [0.4, 0.5) is 0 Å². The zero-order valence-electron chi connectivity index (χ0n) is 12.8. The van der Waals surface area contributed by atoms with Gasteiger partial charge in [0.2, 0.25) is 0 Å². The standard InChI is InChI=1S/C12H21BIN2O3P/c1-8-10(9(7-17-20-14)16(6)15-8)13-18-11(2,3)12(4,5)19-13/h20H,7H2,1-6H3. The molecule has 1 fully saturated rings. The van der Waals surface area contributed by atoms with E-state index in [-0.39, 0.29) is 18.3 Å². The normalized spacial score (nSPS) is 21.2. The maximum absolute atomic E-state index is 6.13.